The molecule has 104 valence electrons. The molecule has 1 aromatic rings. The molecule has 0 bridgehead atoms. The quantitative estimate of drug-likeness (QED) is 0.485. The Morgan fingerprint density at radius 3 is 2.53 bits per heavy atom. The highest BCUT2D eigenvalue weighted by Gasteiger charge is 2.14. The SMILES string of the molecule is CC(CN)N(C)C(=O)CSc1ccc([N+](=O)[O-])cc1. The summed E-state index contributed by atoms with van der Waals surface area (Å²) in [5.41, 5.74) is 5.54. The van der Waals surface area contributed by atoms with Gasteiger partial charge in [-0.2, -0.15) is 0 Å². The number of rotatable bonds is 6. The Labute approximate surface area is 116 Å². The van der Waals surface area contributed by atoms with Gasteiger partial charge in [-0.05, 0) is 19.1 Å². The predicted octanol–water partition coefficient (Wildman–Crippen LogP) is 1.49. The van der Waals surface area contributed by atoms with E-state index in [-0.39, 0.29) is 17.6 Å². The highest BCUT2D eigenvalue weighted by Crippen LogP contribution is 2.21. The van der Waals surface area contributed by atoms with Gasteiger partial charge in [0.15, 0.2) is 0 Å². The molecule has 19 heavy (non-hydrogen) atoms. The number of nitrogens with two attached hydrogens (primary N) is 1. The first-order chi connectivity index (χ1) is 8.95. The maximum Gasteiger partial charge on any atom is 0.269 e. The van der Waals surface area contributed by atoms with Crippen LogP contribution in [0, 0.1) is 10.1 Å². The number of non-ortho nitro benzene ring substituents is 1. The predicted molar refractivity (Wildman–Crippen MR) is 75.1 cm³/mol. The molecule has 0 spiro atoms. The molecular weight excluding hydrogens is 266 g/mol. The highest BCUT2D eigenvalue weighted by atomic mass is 32.2. The number of amides is 1. The normalized spacial score (nSPS) is 11.9. The number of nitrogens with zero attached hydrogens (tertiary/aromatic N) is 2. The molecule has 0 saturated carbocycles. The van der Waals surface area contributed by atoms with E-state index in [0.29, 0.717) is 12.3 Å². The first-order valence-electron chi connectivity index (χ1n) is 5.78. The summed E-state index contributed by atoms with van der Waals surface area (Å²) in [5.74, 6) is 0.278. The van der Waals surface area contributed by atoms with Crippen molar-refractivity contribution in [1.29, 1.82) is 0 Å². The number of likely N-dealkylation sites (N-methyl/N-ethyl adjacent to an activating group) is 1. The number of benzene rings is 1. The summed E-state index contributed by atoms with van der Waals surface area (Å²) in [4.78, 5) is 24.3. The Hall–Kier alpha value is -1.60. The van der Waals surface area contributed by atoms with Gasteiger partial charge in [0.2, 0.25) is 5.91 Å². The fraction of sp³-hybridized carbons (Fsp3) is 0.417. The van der Waals surface area contributed by atoms with E-state index in [0.717, 1.165) is 4.90 Å². The van der Waals surface area contributed by atoms with Crippen molar-refractivity contribution < 1.29 is 9.72 Å². The van der Waals surface area contributed by atoms with E-state index in [4.69, 9.17) is 5.73 Å². The van der Waals surface area contributed by atoms with Crippen LogP contribution >= 0.6 is 11.8 Å². The molecule has 0 aromatic heterocycles. The minimum absolute atomic E-state index is 0.00459. The summed E-state index contributed by atoms with van der Waals surface area (Å²) < 4.78 is 0. The van der Waals surface area contributed by atoms with Crippen LogP contribution in [0.1, 0.15) is 6.92 Å². The highest BCUT2D eigenvalue weighted by molar-refractivity contribution is 8.00. The van der Waals surface area contributed by atoms with Crippen LogP contribution in [0.3, 0.4) is 0 Å². The average molecular weight is 283 g/mol. The molecular formula is C12H17N3O3S. The summed E-state index contributed by atoms with van der Waals surface area (Å²) >= 11 is 1.35. The lowest BCUT2D eigenvalue weighted by Crippen LogP contribution is -2.40. The van der Waals surface area contributed by atoms with Crippen molar-refractivity contribution in [1.82, 2.24) is 4.90 Å². The second-order valence-corrected chi connectivity index (χ2v) is 5.18. The van der Waals surface area contributed by atoms with Crippen LogP contribution in [0.15, 0.2) is 29.2 Å². The average Bonchev–Trinajstić information content (AvgIpc) is 2.43. The third-order valence-electron chi connectivity index (χ3n) is 2.81. The van der Waals surface area contributed by atoms with Crippen LogP contribution in [0.25, 0.3) is 0 Å². The third-order valence-corrected chi connectivity index (χ3v) is 3.80. The molecule has 0 aliphatic carbocycles. The number of carbonyl (C=O) groups excluding carboxylic acids is 1. The van der Waals surface area contributed by atoms with E-state index in [9.17, 15) is 14.9 Å². The molecule has 0 saturated heterocycles. The van der Waals surface area contributed by atoms with Gasteiger partial charge in [0.05, 0.1) is 10.7 Å². The second kappa shape index (κ2) is 7.10. The van der Waals surface area contributed by atoms with Crippen molar-refractivity contribution in [2.45, 2.75) is 17.9 Å². The van der Waals surface area contributed by atoms with Gasteiger partial charge in [0.25, 0.3) is 5.69 Å². The fourth-order valence-electron chi connectivity index (χ4n) is 1.31. The number of hydrogen-bond acceptors (Lipinski definition) is 5. The van der Waals surface area contributed by atoms with Gasteiger partial charge in [-0.15, -0.1) is 11.8 Å². The topological polar surface area (TPSA) is 89.5 Å². The Morgan fingerprint density at radius 1 is 1.47 bits per heavy atom. The van der Waals surface area contributed by atoms with Crippen molar-refractivity contribution in [3.8, 4) is 0 Å². The summed E-state index contributed by atoms with van der Waals surface area (Å²) in [7, 11) is 1.72. The Balaban J connectivity index is 2.52. The van der Waals surface area contributed by atoms with E-state index in [1.54, 1.807) is 24.1 Å². The standard InChI is InChI=1S/C12H17N3O3S/c1-9(7-13)14(2)12(16)8-19-11-5-3-10(4-6-11)15(17)18/h3-6,9H,7-8,13H2,1-2H3. The number of carbonyl (C=O) groups is 1. The lowest BCUT2D eigenvalue weighted by atomic mass is 10.3. The van der Waals surface area contributed by atoms with Gasteiger partial charge in [0.1, 0.15) is 0 Å². The van der Waals surface area contributed by atoms with Crippen molar-refractivity contribution in [2.24, 2.45) is 5.73 Å². The smallest absolute Gasteiger partial charge is 0.269 e. The number of hydrogen-bond donors (Lipinski definition) is 1. The molecule has 0 radical (unpaired) electrons. The van der Waals surface area contributed by atoms with Crippen molar-refractivity contribution in [2.75, 3.05) is 19.3 Å². The van der Waals surface area contributed by atoms with Gasteiger partial charge in [-0.1, -0.05) is 0 Å². The van der Waals surface area contributed by atoms with E-state index >= 15 is 0 Å². The lowest BCUT2D eigenvalue weighted by Gasteiger charge is -2.23. The van der Waals surface area contributed by atoms with Crippen molar-refractivity contribution in [3.05, 3.63) is 34.4 Å². The van der Waals surface area contributed by atoms with Gasteiger partial charge < -0.3 is 10.6 Å². The first-order valence-corrected chi connectivity index (χ1v) is 6.77. The minimum Gasteiger partial charge on any atom is -0.341 e. The lowest BCUT2D eigenvalue weighted by molar-refractivity contribution is -0.384. The van der Waals surface area contributed by atoms with E-state index in [2.05, 4.69) is 0 Å². The zero-order valence-corrected chi connectivity index (χ0v) is 11.7. The van der Waals surface area contributed by atoms with Crippen LogP contribution in [0.5, 0.6) is 0 Å². The second-order valence-electron chi connectivity index (χ2n) is 4.13. The summed E-state index contributed by atoms with van der Waals surface area (Å²) in [6.07, 6.45) is 0. The van der Waals surface area contributed by atoms with Crippen molar-refractivity contribution in [3.63, 3.8) is 0 Å². The Kier molecular flexibility index (Phi) is 5.78. The molecule has 0 fully saturated rings. The Bertz CT molecular complexity index is 450. The summed E-state index contributed by atoms with van der Waals surface area (Å²) in [6, 6.07) is 6.15. The molecule has 1 atom stereocenters. The summed E-state index contributed by atoms with van der Waals surface area (Å²) in [5, 5.41) is 10.5. The molecule has 0 heterocycles. The maximum atomic E-state index is 11.8. The maximum absolute atomic E-state index is 11.8. The molecule has 0 aliphatic rings. The molecule has 7 heteroatoms. The molecule has 0 aliphatic heterocycles. The van der Waals surface area contributed by atoms with Crippen molar-refractivity contribution >= 4 is 23.4 Å². The Morgan fingerprint density at radius 2 is 2.05 bits per heavy atom. The molecule has 1 rings (SSSR count). The largest absolute Gasteiger partial charge is 0.341 e. The zero-order chi connectivity index (χ0) is 14.4. The molecule has 1 aromatic carbocycles. The molecule has 1 unspecified atom stereocenters. The van der Waals surface area contributed by atoms with Gasteiger partial charge in [-0.3, -0.25) is 14.9 Å². The van der Waals surface area contributed by atoms with Gasteiger partial charge in [0, 0.05) is 36.7 Å². The van der Waals surface area contributed by atoms with Crippen LogP contribution < -0.4 is 5.73 Å². The van der Waals surface area contributed by atoms with Crippen LogP contribution in [-0.2, 0) is 4.79 Å². The fourth-order valence-corrected chi connectivity index (χ4v) is 2.14. The van der Waals surface area contributed by atoms with Gasteiger partial charge >= 0.3 is 0 Å². The molecule has 1 amide bonds. The zero-order valence-electron chi connectivity index (χ0n) is 10.9. The minimum atomic E-state index is -0.448. The monoisotopic (exact) mass is 283 g/mol. The number of thioether (sulfide) groups is 1. The molecule has 6 nitrogen and oxygen atoms in total. The van der Waals surface area contributed by atoms with Gasteiger partial charge in [-0.25, -0.2) is 0 Å². The van der Waals surface area contributed by atoms with Crippen LogP contribution in [0.4, 0.5) is 5.69 Å². The van der Waals surface area contributed by atoms with E-state index in [1.807, 2.05) is 6.92 Å². The molecule has 2 N–H and O–H groups in total. The third kappa shape index (κ3) is 4.53. The summed E-state index contributed by atoms with van der Waals surface area (Å²) in [6.45, 7) is 2.30. The van der Waals surface area contributed by atoms with Crippen LogP contribution in [0.2, 0.25) is 0 Å². The van der Waals surface area contributed by atoms with Crippen LogP contribution in [-0.4, -0.2) is 41.1 Å². The van der Waals surface area contributed by atoms with E-state index < -0.39 is 4.92 Å². The number of nitro groups is 1. The first kappa shape index (κ1) is 15.5. The van der Waals surface area contributed by atoms with E-state index in [1.165, 1.54) is 23.9 Å². The number of nitro benzene ring substituents is 1.